The summed E-state index contributed by atoms with van der Waals surface area (Å²) >= 11 is 0. The summed E-state index contributed by atoms with van der Waals surface area (Å²) < 4.78 is 5.81. The van der Waals surface area contributed by atoms with Gasteiger partial charge in [-0.05, 0) is 48.7 Å². The Bertz CT molecular complexity index is 699. The third kappa shape index (κ3) is 3.22. The molecule has 0 spiro atoms. The Labute approximate surface area is 137 Å². The van der Waals surface area contributed by atoms with Crippen LogP contribution in [0, 0.1) is 0 Å². The first-order chi connectivity index (χ1) is 11.3. The largest absolute Gasteiger partial charge is 0.490 e. The van der Waals surface area contributed by atoms with Crippen LogP contribution in [0.5, 0.6) is 5.75 Å². The van der Waals surface area contributed by atoms with Crippen LogP contribution in [0.2, 0.25) is 0 Å². The van der Waals surface area contributed by atoms with Crippen molar-refractivity contribution in [2.45, 2.75) is 12.8 Å². The molecule has 4 nitrogen and oxygen atoms in total. The lowest BCUT2D eigenvalue weighted by atomic mass is 9.97. The predicted molar refractivity (Wildman–Crippen MR) is 93.8 cm³/mol. The highest BCUT2D eigenvalue weighted by Gasteiger charge is 2.28. The van der Waals surface area contributed by atoms with Crippen molar-refractivity contribution in [1.82, 2.24) is 5.32 Å². The Kier molecular flexibility index (Phi) is 4.93. The van der Waals surface area contributed by atoms with E-state index in [0.717, 1.165) is 36.4 Å². The van der Waals surface area contributed by atoms with Crippen LogP contribution in [0.25, 0.3) is 5.57 Å². The molecule has 0 saturated heterocycles. The number of rotatable bonds is 6. The smallest absolute Gasteiger partial charge is 0.120 e. The minimum atomic E-state index is 0.560. The van der Waals surface area contributed by atoms with Crippen LogP contribution in [0.4, 0.5) is 0 Å². The van der Waals surface area contributed by atoms with Gasteiger partial charge in [0.15, 0.2) is 0 Å². The predicted octanol–water partition coefficient (Wildman–Crippen LogP) is 3.31. The molecule has 0 aliphatic heterocycles. The van der Waals surface area contributed by atoms with E-state index in [9.17, 15) is 0 Å². The lowest BCUT2D eigenvalue weighted by Gasteiger charge is -2.08. The van der Waals surface area contributed by atoms with E-state index >= 15 is 0 Å². The molecular formula is C19H22N2O2. The molecule has 0 fully saturated rings. The van der Waals surface area contributed by atoms with Crippen LogP contribution >= 0.6 is 0 Å². The molecule has 4 heteroatoms. The number of hydrogen-bond donors (Lipinski definition) is 1. The number of nitrogens with one attached hydrogen (secondary N) is 1. The molecule has 0 unspecified atom stereocenters. The van der Waals surface area contributed by atoms with E-state index in [1.807, 2.05) is 19.2 Å². The van der Waals surface area contributed by atoms with Crippen LogP contribution in [0.15, 0.2) is 53.2 Å². The maximum Gasteiger partial charge on any atom is 0.120 e. The summed E-state index contributed by atoms with van der Waals surface area (Å²) in [7, 11) is 3.52. The molecule has 0 aromatic heterocycles. The summed E-state index contributed by atoms with van der Waals surface area (Å²) in [5, 5.41) is 7.32. The normalized spacial score (nSPS) is 17.7. The quantitative estimate of drug-likeness (QED) is 0.647. The molecule has 2 aliphatic carbocycles. The second-order valence-electron chi connectivity index (χ2n) is 5.50. The number of ether oxygens (including phenoxy) is 1. The number of allylic oxidation sites excluding steroid dienone is 4. The Morgan fingerprint density at radius 2 is 2.17 bits per heavy atom. The van der Waals surface area contributed by atoms with Crippen LogP contribution in [0.3, 0.4) is 0 Å². The zero-order valence-electron chi connectivity index (χ0n) is 13.6. The highest BCUT2D eigenvalue weighted by atomic mass is 16.6. The molecule has 1 aromatic rings. The molecule has 3 rings (SSSR count). The lowest BCUT2D eigenvalue weighted by Crippen LogP contribution is -2.05. The van der Waals surface area contributed by atoms with Gasteiger partial charge >= 0.3 is 0 Å². The summed E-state index contributed by atoms with van der Waals surface area (Å²) in [5.41, 5.74) is 5.79. The monoisotopic (exact) mass is 310 g/mol. The zero-order chi connectivity index (χ0) is 16.1. The summed E-state index contributed by atoms with van der Waals surface area (Å²) in [5.74, 6) is 0.852. The van der Waals surface area contributed by atoms with Gasteiger partial charge in [-0.15, -0.1) is 0 Å². The average Bonchev–Trinajstić information content (AvgIpc) is 2.89. The first-order valence-corrected chi connectivity index (χ1v) is 7.93. The van der Waals surface area contributed by atoms with Gasteiger partial charge in [-0.3, -0.25) is 0 Å². The number of likely N-dealkylation sites (N-methyl/N-ethyl adjacent to an activating group) is 1. The van der Waals surface area contributed by atoms with Crippen LogP contribution in [-0.4, -0.2) is 33.0 Å². The summed E-state index contributed by atoms with van der Waals surface area (Å²) in [6.45, 7) is 1.41. The van der Waals surface area contributed by atoms with Crippen molar-refractivity contribution in [2.75, 3.05) is 27.3 Å². The molecule has 0 saturated carbocycles. The summed E-state index contributed by atoms with van der Waals surface area (Å²) in [6, 6.07) is 6.20. The van der Waals surface area contributed by atoms with Crippen molar-refractivity contribution in [1.29, 1.82) is 0 Å². The minimum absolute atomic E-state index is 0.560. The van der Waals surface area contributed by atoms with E-state index < -0.39 is 0 Å². The van der Waals surface area contributed by atoms with Crippen LogP contribution in [-0.2, 0) is 4.84 Å². The standard InChI is InChI=1S/C19H22N2O2/c1-20-11-5-6-12-23-14-9-10-16-15-7-3-4-8-17(15)19(21-22-2)18(16)13-14/h3,5-7,9-10,13,20H,4,8,11-12H2,1-2H3/b6-5-,21-19+. The van der Waals surface area contributed by atoms with Crippen molar-refractivity contribution in [3.63, 3.8) is 0 Å². The fraction of sp³-hybridized carbons (Fsp3) is 0.316. The maximum atomic E-state index is 5.81. The summed E-state index contributed by atoms with van der Waals surface area (Å²) in [4.78, 5) is 5.07. The molecule has 0 bridgehead atoms. The molecule has 1 aromatic carbocycles. The highest BCUT2D eigenvalue weighted by Crippen LogP contribution is 2.40. The number of benzene rings is 1. The van der Waals surface area contributed by atoms with Crippen LogP contribution in [0.1, 0.15) is 24.0 Å². The average molecular weight is 310 g/mol. The second kappa shape index (κ2) is 7.29. The van der Waals surface area contributed by atoms with Gasteiger partial charge in [0.1, 0.15) is 25.2 Å². The van der Waals surface area contributed by atoms with Gasteiger partial charge in [0, 0.05) is 12.1 Å². The Morgan fingerprint density at radius 1 is 1.26 bits per heavy atom. The van der Waals surface area contributed by atoms with Crippen LogP contribution < -0.4 is 10.1 Å². The lowest BCUT2D eigenvalue weighted by molar-refractivity contribution is 0.214. The first-order valence-electron chi connectivity index (χ1n) is 7.93. The zero-order valence-corrected chi connectivity index (χ0v) is 13.6. The van der Waals surface area contributed by atoms with Gasteiger partial charge in [-0.25, -0.2) is 0 Å². The number of hydrogen-bond acceptors (Lipinski definition) is 4. The van der Waals surface area contributed by atoms with Gasteiger partial charge in [0.2, 0.25) is 0 Å². The molecule has 1 N–H and O–H groups in total. The van der Waals surface area contributed by atoms with E-state index in [1.165, 1.54) is 16.7 Å². The number of nitrogens with zero attached hydrogens (tertiary/aromatic N) is 1. The van der Waals surface area contributed by atoms with E-state index in [-0.39, 0.29) is 0 Å². The maximum absolute atomic E-state index is 5.81. The SMILES string of the molecule is CNC/C=C\COc1ccc2c(c1)/C(=N/OC)C1=C2C=CCC1. The molecule has 23 heavy (non-hydrogen) atoms. The Hall–Kier alpha value is -2.33. The number of oxime groups is 1. The van der Waals surface area contributed by atoms with Crippen molar-refractivity contribution < 1.29 is 9.57 Å². The second-order valence-corrected chi connectivity index (χ2v) is 5.50. The van der Waals surface area contributed by atoms with E-state index in [2.05, 4.69) is 40.8 Å². The van der Waals surface area contributed by atoms with Gasteiger partial charge in [0.25, 0.3) is 0 Å². The fourth-order valence-corrected chi connectivity index (χ4v) is 2.98. The molecule has 2 aliphatic rings. The fourth-order valence-electron chi connectivity index (χ4n) is 2.98. The van der Waals surface area contributed by atoms with Crippen molar-refractivity contribution >= 4 is 11.3 Å². The number of fused-ring (bicyclic) bond motifs is 2. The first kappa shape index (κ1) is 15.6. The third-order valence-electron chi connectivity index (χ3n) is 4.01. The Morgan fingerprint density at radius 3 is 3.00 bits per heavy atom. The van der Waals surface area contributed by atoms with E-state index in [4.69, 9.17) is 9.57 Å². The van der Waals surface area contributed by atoms with Gasteiger partial charge < -0.3 is 14.9 Å². The Balaban J connectivity index is 1.83. The van der Waals surface area contributed by atoms with Crippen molar-refractivity contribution in [3.05, 3.63) is 59.2 Å². The van der Waals surface area contributed by atoms with Crippen molar-refractivity contribution in [2.24, 2.45) is 5.16 Å². The molecular weight excluding hydrogens is 288 g/mol. The van der Waals surface area contributed by atoms with E-state index in [0.29, 0.717) is 6.61 Å². The minimum Gasteiger partial charge on any atom is -0.490 e. The van der Waals surface area contributed by atoms with Crippen molar-refractivity contribution in [3.8, 4) is 5.75 Å². The van der Waals surface area contributed by atoms with E-state index in [1.54, 1.807) is 7.11 Å². The molecule has 0 heterocycles. The molecule has 0 amide bonds. The highest BCUT2D eigenvalue weighted by molar-refractivity contribution is 6.24. The van der Waals surface area contributed by atoms with Gasteiger partial charge in [-0.1, -0.05) is 35.5 Å². The van der Waals surface area contributed by atoms with Gasteiger partial charge in [-0.2, -0.15) is 0 Å². The molecule has 0 atom stereocenters. The van der Waals surface area contributed by atoms with Gasteiger partial charge in [0.05, 0.1) is 0 Å². The third-order valence-corrected chi connectivity index (χ3v) is 4.01. The topological polar surface area (TPSA) is 42.8 Å². The summed E-state index contributed by atoms with van der Waals surface area (Å²) in [6.07, 6.45) is 10.5. The molecule has 120 valence electrons. The molecule has 0 radical (unpaired) electrons.